The quantitative estimate of drug-likeness (QED) is 0.379. The maximum absolute atomic E-state index is 13.0. The number of fused-ring (bicyclic) bond motifs is 2. The van der Waals surface area contributed by atoms with Crippen LogP contribution in [0.5, 0.6) is 0 Å². The first-order valence-corrected chi connectivity index (χ1v) is 11.8. The van der Waals surface area contributed by atoms with Crippen LogP contribution in [0.25, 0.3) is 16.7 Å². The number of carbonyl (C=O) groups excluding carboxylic acids is 1. The molecular formula is C28H27N5O2. The van der Waals surface area contributed by atoms with Crippen LogP contribution in [0.1, 0.15) is 53.2 Å². The van der Waals surface area contributed by atoms with Crippen molar-refractivity contribution >= 4 is 22.6 Å². The molecule has 3 heterocycles. The van der Waals surface area contributed by atoms with Crippen molar-refractivity contribution in [3.63, 3.8) is 0 Å². The highest BCUT2D eigenvalue weighted by atomic mass is 16.1. The van der Waals surface area contributed by atoms with Gasteiger partial charge in [-0.3, -0.25) is 14.0 Å². The Morgan fingerprint density at radius 3 is 2.57 bits per heavy atom. The number of rotatable bonds is 7. The zero-order chi connectivity index (χ0) is 24.4. The molecule has 5 rings (SSSR count). The minimum absolute atomic E-state index is 0.123. The molecule has 1 N–H and O–H groups in total. The average Bonchev–Trinajstić information content (AvgIpc) is 3.23. The Kier molecular flexibility index (Phi) is 6.14. The minimum atomic E-state index is -0.288. The SMILES string of the molecule is CCC[C@H](NC(=O)c1ccccc1)c1nc2ccccc2n1Cc1cc(=O)n2cc(C)ccc2n1. The molecule has 0 aliphatic carbocycles. The van der Waals surface area contributed by atoms with E-state index >= 15 is 0 Å². The molecule has 3 aromatic heterocycles. The fraction of sp³-hybridized carbons (Fsp3) is 0.214. The lowest BCUT2D eigenvalue weighted by molar-refractivity contribution is 0.0932. The number of hydrogen-bond acceptors (Lipinski definition) is 4. The summed E-state index contributed by atoms with van der Waals surface area (Å²) in [6.45, 7) is 4.40. The average molecular weight is 466 g/mol. The second-order valence-electron chi connectivity index (χ2n) is 8.75. The predicted molar refractivity (Wildman–Crippen MR) is 137 cm³/mol. The van der Waals surface area contributed by atoms with Crippen molar-refractivity contribution in [3.05, 3.63) is 112 Å². The van der Waals surface area contributed by atoms with Gasteiger partial charge in [-0.05, 0) is 49.2 Å². The molecule has 0 radical (unpaired) electrons. The van der Waals surface area contributed by atoms with Crippen LogP contribution < -0.4 is 10.9 Å². The number of carbonyl (C=O) groups is 1. The maximum atomic E-state index is 13.0. The number of hydrogen-bond donors (Lipinski definition) is 1. The Labute approximate surface area is 203 Å². The molecule has 35 heavy (non-hydrogen) atoms. The van der Waals surface area contributed by atoms with Crippen LogP contribution in [0, 0.1) is 6.92 Å². The van der Waals surface area contributed by atoms with Crippen LogP contribution in [0.2, 0.25) is 0 Å². The zero-order valence-corrected chi connectivity index (χ0v) is 19.8. The highest BCUT2D eigenvalue weighted by Gasteiger charge is 2.23. The monoisotopic (exact) mass is 465 g/mol. The summed E-state index contributed by atoms with van der Waals surface area (Å²) in [4.78, 5) is 35.5. The number of nitrogens with one attached hydrogen (secondary N) is 1. The molecule has 2 aromatic carbocycles. The smallest absolute Gasteiger partial charge is 0.258 e. The fourth-order valence-corrected chi connectivity index (χ4v) is 4.41. The van der Waals surface area contributed by atoms with E-state index < -0.39 is 0 Å². The molecule has 0 spiro atoms. The van der Waals surface area contributed by atoms with Crippen molar-refractivity contribution in [2.45, 2.75) is 39.3 Å². The molecule has 1 atom stereocenters. The third-order valence-electron chi connectivity index (χ3n) is 6.10. The summed E-state index contributed by atoms with van der Waals surface area (Å²) in [5.74, 6) is 0.614. The third-order valence-corrected chi connectivity index (χ3v) is 6.10. The molecule has 7 nitrogen and oxygen atoms in total. The van der Waals surface area contributed by atoms with Gasteiger partial charge in [-0.1, -0.05) is 49.7 Å². The van der Waals surface area contributed by atoms with Crippen molar-refractivity contribution < 1.29 is 4.79 Å². The molecule has 0 fully saturated rings. The number of benzene rings is 2. The lowest BCUT2D eigenvalue weighted by Crippen LogP contribution is -2.31. The summed E-state index contributed by atoms with van der Waals surface area (Å²) >= 11 is 0. The van der Waals surface area contributed by atoms with Gasteiger partial charge in [0.05, 0.1) is 29.3 Å². The predicted octanol–water partition coefficient (Wildman–Crippen LogP) is 4.67. The number of para-hydroxylation sites is 2. The summed E-state index contributed by atoms with van der Waals surface area (Å²) in [6.07, 6.45) is 3.40. The van der Waals surface area contributed by atoms with Crippen LogP contribution in [-0.2, 0) is 6.54 Å². The Balaban J connectivity index is 1.57. The Morgan fingerprint density at radius 1 is 1.00 bits per heavy atom. The van der Waals surface area contributed by atoms with E-state index in [9.17, 15) is 9.59 Å². The van der Waals surface area contributed by atoms with Gasteiger partial charge in [0.25, 0.3) is 11.5 Å². The van der Waals surface area contributed by atoms with Crippen molar-refractivity contribution in [3.8, 4) is 0 Å². The summed E-state index contributed by atoms with van der Waals surface area (Å²) < 4.78 is 3.62. The van der Waals surface area contributed by atoms with Crippen LogP contribution in [-0.4, -0.2) is 24.8 Å². The number of imidazole rings is 1. The second kappa shape index (κ2) is 9.54. The molecule has 0 unspecified atom stereocenters. The van der Waals surface area contributed by atoms with Gasteiger partial charge in [0.15, 0.2) is 0 Å². The molecule has 0 saturated carbocycles. The van der Waals surface area contributed by atoms with Gasteiger partial charge in [-0.2, -0.15) is 0 Å². The highest BCUT2D eigenvalue weighted by molar-refractivity contribution is 5.94. The van der Waals surface area contributed by atoms with Gasteiger partial charge in [0, 0.05) is 17.8 Å². The molecular weight excluding hydrogens is 438 g/mol. The Hall–Kier alpha value is -4.26. The van der Waals surface area contributed by atoms with Crippen molar-refractivity contribution in [1.29, 1.82) is 0 Å². The topological polar surface area (TPSA) is 81.3 Å². The van der Waals surface area contributed by atoms with Gasteiger partial charge in [-0.25, -0.2) is 9.97 Å². The maximum Gasteiger partial charge on any atom is 0.258 e. The number of pyridine rings is 1. The first kappa shape index (κ1) is 22.5. The molecule has 7 heteroatoms. The van der Waals surface area contributed by atoms with Gasteiger partial charge in [0.2, 0.25) is 0 Å². The third kappa shape index (κ3) is 4.57. The molecule has 0 aliphatic rings. The molecule has 5 aromatic rings. The lowest BCUT2D eigenvalue weighted by atomic mass is 10.1. The summed E-state index contributed by atoms with van der Waals surface area (Å²) in [6, 6.07) is 22.2. The molecule has 0 saturated heterocycles. The number of aryl methyl sites for hydroxylation is 1. The largest absolute Gasteiger partial charge is 0.342 e. The standard InChI is InChI=1S/C28H27N5O2/c1-3-9-23(31-28(35)20-10-5-4-6-11-20)27-30-22-12-7-8-13-24(22)32(27)18-21-16-26(34)33-17-19(2)14-15-25(33)29-21/h4-8,10-17,23H,3,9,18H2,1-2H3,(H,31,35)/t23-/m0/s1. The minimum Gasteiger partial charge on any atom is -0.342 e. The van der Waals surface area contributed by atoms with Crippen LogP contribution >= 0.6 is 0 Å². The van der Waals surface area contributed by atoms with E-state index in [0.29, 0.717) is 23.4 Å². The van der Waals surface area contributed by atoms with Crippen LogP contribution in [0.3, 0.4) is 0 Å². The van der Waals surface area contributed by atoms with Gasteiger partial charge in [0.1, 0.15) is 11.5 Å². The van der Waals surface area contributed by atoms with Gasteiger partial charge in [-0.15, -0.1) is 0 Å². The van der Waals surface area contributed by atoms with E-state index in [-0.39, 0.29) is 17.5 Å². The van der Waals surface area contributed by atoms with Crippen molar-refractivity contribution in [2.24, 2.45) is 0 Å². The Bertz CT molecular complexity index is 1570. The van der Waals surface area contributed by atoms with Crippen LogP contribution in [0.15, 0.2) is 83.8 Å². The molecule has 0 bridgehead atoms. The second-order valence-corrected chi connectivity index (χ2v) is 8.75. The highest BCUT2D eigenvalue weighted by Crippen LogP contribution is 2.25. The fourth-order valence-electron chi connectivity index (χ4n) is 4.41. The first-order chi connectivity index (χ1) is 17.0. The summed E-state index contributed by atoms with van der Waals surface area (Å²) in [5, 5.41) is 3.18. The number of nitrogens with zero attached hydrogens (tertiary/aromatic N) is 4. The van der Waals surface area contributed by atoms with E-state index in [1.165, 1.54) is 0 Å². The van der Waals surface area contributed by atoms with Crippen LogP contribution in [0.4, 0.5) is 0 Å². The van der Waals surface area contributed by atoms with E-state index in [4.69, 9.17) is 9.97 Å². The molecule has 1 amide bonds. The van der Waals surface area contributed by atoms with Gasteiger partial charge >= 0.3 is 0 Å². The van der Waals surface area contributed by atoms with Gasteiger partial charge < -0.3 is 9.88 Å². The first-order valence-electron chi connectivity index (χ1n) is 11.8. The lowest BCUT2D eigenvalue weighted by Gasteiger charge is -2.20. The van der Waals surface area contributed by atoms with E-state index in [1.807, 2.05) is 61.5 Å². The number of aromatic nitrogens is 4. The molecule has 0 aliphatic heterocycles. The van der Waals surface area contributed by atoms with E-state index in [0.717, 1.165) is 35.3 Å². The normalized spacial score (nSPS) is 12.2. The summed E-state index contributed by atoms with van der Waals surface area (Å²) in [7, 11) is 0. The van der Waals surface area contributed by atoms with E-state index in [2.05, 4.69) is 16.8 Å². The zero-order valence-electron chi connectivity index (χ0n) is 19.8. The molecule has 176 valence electrons. The van der Waals surface area contributed by atoms with Crippen molar-refractivity contribution in [1.82, 2.24) is 24.3 Å². The summed E-state index contributed by atoms with van der Waals surface area (Å²) in [5.41, 5.74) is 4.50. The van der Waals surface area contributed by atoms with Crippen molar-refractivity contribution in [2.75, 3.05) is 0 Å². The Morgan fingerprint density at radius 2 is 1.77 bits per heavy atom. The number of amides is 1. The van der Waals surface area contributed by atoms with E-state index in [1.54, 1.807) is 28.8 Å².